The molecule has 0 aliphatic heterocycles. The normalized spacial score (nSPS) is 11.8. The molecular formula is C47H27N3O2. The maximum absolute atomic E-state index is 6.43. The molecule has 0 aliphatic rings. The van der Waals surface area contributed by atoms with Crippen LogP contribution < -0.4 is 0 Å². The summed E-state index contributed by atoms with van der Waals surface area (Å²) >= 11 is 0. The van der Waals surface area contributed by atoms with Gasteiger partial charge < -0.3 is 8.83 Å². The first-order chi connectivity index (χ1) is 25.7. The van der Waals surface area contributed by atoms with Crippen molar-refractivity contribution in [3.8, 4) is 45.3 Å². The van der Waals surface area contributed by atoms with Crippen molar-refractivity contribution in [3.05, 3.63) is 164 Å². The predicted octanol–water partition coefficient (Wildman–Crippen LogP) is 12.6. The highest BCUT2D eigenvalue weighted by molar-refractivity contribution is 6.19. The summed E-state index contributed by atoms with van der Waals surface area (Å²) in [6, 6.07) is 56.5. The van der Waals surface area contributed by atoms with E-state index in [1.54, 1.807) is 0 Å². The summed E-state index contributed by atoms with van der Waals surface area (Å²) in [5.74, 6) is 1.72. The maximum atomic E-state index is 6.43. The van der Waals surface area contributed by atoms with Gasteiger partial charge in [0.25, 0.3) is 0 Å². The summed E-state index contributed by atoms with van der Waals surface area (Å²) in [5, 5.41) is 9.10. The highest BCUT2D eigenvalue weighted by Gasteiger charge is 2.17. The van der Waals surface area contributed by atoms with Gasteiger partial charge in [-0.3, -0.25) is 0 Å². The minimum absolute atomic E-state index is 0.565. The van der Waals surface area contributed by atoms with Gasteiger partial charge >= 0.3 is 0 Å². The lowest BCUT2D eigenvalue weighted by Crippen LogP contribution is -2.00. The molecular weight excluding hydrogens is 639 g/mol. The number of benzene rings is 8. The first-order valence-electron chi connectivity index (χ1n) is 17.3. The molecule has 11 aromatic rings. The minimum atomic E-state index is 0.565. The Morgan fingerprint density at radius 3 is 1.60 bits per heavy atom. The summed E-state index contributed by atoms with van der Waals surface area (Å²) < 4.78 is 12.7. The van der Waals surface area contributed by atoms with Crippen LogP contribution in [0.3, 0.4) is 0 Å². The second-order valence-electron chi connectivity index (χ2n) is 13.2. The number of furan rings is 2. The van der Waals surface area contributed by atoms with Gasteiger partial charge in [-0.1, -0.05) is 121 Å². The van der Waals surface area contributed by atoms with E-state index in [1.807, 2.05) is 36.4 Å². The first kappa shape index (κ1) is 28.7. The van der Waals surface area contributed by atoms with Gasteiger partial charge in [-0.2, -0.15) is 0 Å². The van der Waals surface area contributed by atoms with Crippen LogP contribution >= 0.6 is 0 Å². The largest absolute Gasteiger partial charge is 0.456 e. The van der Waals surface area contributed by atoms with Crippen molar-refractivity contribution in [1.29, 1.82) is 0 Å². The Morgan fingerprint density at radius 2 is 0.808 bits per heavy atom. The van der Waals surface area contributed by atoms with E-state index in [1.165, 1.54) is 21.5 Å². The van der Waals surface area contributed by atoms with E-state index in [4.69, 9.17) is 23.8 Å². The Hall–Kier alpha value is -7.11. The molecule has 3 aromatic heterocycles. The zero-order valence-electron chi connectivity index (χ0n) is 27.7. The number of para-hydroxylation sites is 1. The molecule has 0 radical (unpaired) electrons. The van der Waals surface area contributed by atoms with Crippen LogP contribution in [0, 0.1) is 0 Å². The highest BCUT2D eigenvalue weighted by Crippen LogP contribution is 2.37. The molecule has 0 saturated heterocycles. The van der Waals surface area contributed by atoms with E-state index in [0.29, 0.717) is 17.5 Å². The van der Waals surface area contributed by atoms with Crippen LogP contribution in [0.2, 0.25) is 0 Å². The lowest BCUT2D eigenvalue weighted by molar-refractivity contribution is 0.669. The standard InChI is InChI=1S/C47H27N3O2/c1-2-9-32-25-33(18-15-28(32)7-1)29-13-16-31(17-14-29)45-48-46(34-19-22-38-37-11-5-6-12-40(37)51-42(38)26-34)50-47(49-45)35-20-23-39-43(27-35)52-41-24-21-30-8-3-4-10-36(30)44(39)41/h1-27H. The average Bonchev–Trinajstić information content (AvgIpc) is 3.78. The summed E-state index contributed by atoms with van der Waals surface area (Å²) in [7, 11) is 0. The zero-order chi connectivity index (χ0) is 34.2. The van der Waals surface area contributed by atoms with Crippen molar-refractivity contribution in [2.75, 3.05) is 0 Å². The van der Waals surface area contributed by atoms with Crippen LogP contribution in [0.5, 0.6) is 0 Å². The van der Waals surface area contributed by atoms with Gasteiger partial charge in [-0.25, -0.2) is 15.0 Å². The van der Waals surface area contributed by atoms with Crippen LogP contribution in [0.4, 0.5) is 0 Å². The molecule has 3 heterocycles. The van der Waals surface area contributed by atoms with Gasteiger partial charge in [0.15, 0.2) is 17.5 Å². The number of nitrogens with zero attached hydrogens (tertiary/aromatic N) is 3. The summed E-state index contributed by atoms with van der Waals surface area (Å²) in [5.41, 5.74) is 8.16. The molecule has 0 N–H and O–H groups in total. The van der Waals surface area contributed by atoms with Gasteiger partial charge in [0.05, 0.1) is 0 Å². The number of aromatic nitrogens is 3. The number of hydrogen-bond acceptors (Lipinski definition) is 5. The van der Waals surface area contributed by atoms with Crippen molar-refractivity contribution < 1.29 is 8.83 Å². The van der Waals surface area contributed by atoms with Crippen LogP contribution in [0.1, 0.15) is 0 Å². The van der Waals surface area contributed by atoms with Crippen molar-refractivity contribution in [1.82, 2.24) is 15.0 Å². The lowest BCUT2D eigenvalue weighted by Gasteiger charge is -2.10. The van der Waals surface area contributed by atoms with Crippen molar-refractivity contribution >= 4 is 65.4 Å². The fourth-order valence-corrected chi connectivity index (χ4v) is 7.49. The van der Waals surface area contributed by atoms with Gasteiger partial charge in [0.2, 0.25) is 0 Å². The highest BCUT2D eigenvalue weighted by atomic mass is 16.3. The molecule has 0 spiro atoms. The molecule has 0 saturated carbocycles. The van der Waals surface area contributed by atoms with Crippen molar-refractivity contribution in [2.45, 2.75) is 0 Å². The molecule has 0 atom stereocenters. The second kappa shape index (κ2) is 11.2. The third kappa shape index (κ3) is 4.60. The van der Waals surface area contributed by atoms with Crippen LogP contribution in [0.15, 0.2) is 173 Å². The monoisotopic (exact) mass is 665 g/mol. The smallest absolute Gasteiger partial charge is 0.164 e. The Kier molecular flexibility index (Phi) is 6.18. The minimum Gasteiger partial charge on any atom is -0.456 e. The Bertz CT molecular complexity index is 3190. The third-order valence-electron chi connectivity index (χ3n) is 10.1. The van der Waals surface area contributed by atoms with Crippen LogP contribution in [0.25, 0.3) is 111 Å². The number of hydrogen-bond donors (Lipinski definition) is 0. The lowest BCUT2D eigenvalue weighted by atomic mass is 10.00. The van der Waals surface area contributed by atoms with Crippen LogP contribution in [-0.2, 0) is 0 Å². The molecule has 5 heteroatoms. The van der Waals surface area contributed by atoms with E-state index in [9.17, 15) is 0 Å². The topological polar surface area (TPSA) is 65.0 Å². The van der Waals surface area contributed by atoms with E-state index in [2.05, 4.69) is 127 Å². The van der Waals surface area contributed by atoms with Crippen LogP contribution in [-0.4, -0.2) is 15.0 Å². The molecule has 52 heavy (non-hydrogen) atoms. The van der Waals surface area contributed by atoms with Gasteiger partial charge in [0.1, 0.15) is 22.3 Å². The Balaban J connectivity index is 1.06. The molecule has 242 valence electrons. The van der Waals surface area contributed by atoms with Gasteiger partial charge in [0, 0.05) is 38.2 Å². The van der Waals surface area contributed by atoms with E-state index >= 15 is 0 Å². The summed E-state index contributed by atoms with van der Waals surface area (Å²) in [4.78, 5) is 15.2. The number of fused-ring (bicyclic) bond motifs is 9. The van der Waals surface area contributed by atoms with Gasteiger partial charge in [-0.15, -0.1) is 0 Å². The SMILES string of the molecule is c1ccc2cc(-c3ccc(-c4nc(-c5ccc6c(c5)oc5ccccc56)nc(-c5ccc6c(c5)oc5ccc7ccccc7c56)n4)cc3)ccc2c1. The maximum Gasteiger partial charge on any atom is 0.164 e. The molecule has 0 aliphatic carbocycles. The molecule has 0 fully saturated rings. The molecule has 0 amide bonds. The fourth-order valence-electron chi connectivity index (χ4n) is 7.49. The van der Waals surface area contributed by atoms with E-state index in [0.717, 1.165) is 71.7 Å². The Labute approximate surface area is 297 Å². The molecule has 0 bridgehead atoms. The third-order valence-corrected chi connectivity index (χ3v) is 10.1. The first-order valence-corrected chi connectivity index (χ1v) is 17.3. The quantitative estimate of drug-likeness (QED) is 0.187. The van der Waals surface area contributed by atoms with Gasteiger partial charge in [-0.05, 0) is 75.1 Å². The molecule has 0 unspecified atom stereocenters. The summed E-state index contributed by atoms with van der Waals surface area (Å²) in [6.07, 6.45) is 0. The summed E-state index contributed by atoms with van der Waals surface area (Å²) in [6.45, 7) is 0. The van der Waals surface area contributed by atoms with E-state index in [-0.39, 0.29) is 0 Å². The fraction of sp³-hybridized carbons (Fsp3) is 0. The molecule has 5 nitrogen and oxygen atoms in total. The Morgan fingerprint density at radius 1 is 0.288 bits per heavy atom. The molecule has 11 rings (SSSR count). The van der Waals surface area contributed by atoms with Crippen molar-refractivity contribution in [3.63, 3.8) is 0 Å². The zero-order valence-corrected chi connectivity index (χ0v) is 27.7. The average molecular weight is 666 g/mol. The van der Waals surface area contributed by atoms with Crippen molar-refractivity contribution in [2.24, 2.45) is 0 Å². The second-order valence-corrected chi connectivity index (χ2v) is 13.2. The van der Waals surface area contributed by atoms with E-state index < -0.39 is 0 Å². The number of rotatable bonds is 4. The predicted molar refractivity (Wildman–Crippen MR) is 211 cm³/mol. The molecule has 8 aromatic carbocycles.